The van der Waals surface area contributed by atoms with E-state index < -0.39 is 0 Å². The SMILES string of the molecule is C[C@@]12CCCC1C1C(CC2)[C@@]2(C)CCCC[C@@H]2C[C@H]1Sc1ccc(N)cc1. The van der Waals surface area contributed by atoms with Gasteiger partial charge in [0.1, 0.15) is 0 Å². The Morgan fingerprint density at radius 1 is 0.889 bits per heavy atom. The molecule has 4 fully saturated rings. The first-order valence-electron chi connectivity index (χ1n) is 11.5. The van der Waals surface area contributed by atoms with E-state index >= 15 is 0 Å². The number of hydrogen-bond acceptors (Lipinski definition) is 2. The van der Waals surface area contributed by atoms with Crippen LogP contribution >= 0.6 is 11.8 Å². The monoisotopic (exact) mass is 383 g/mol. The standard InChI is InChI=1S/C25H37NS/c1-24-13-5-7-20(24)23-21(12-15-24)25(2)14-4-3-6-17(25)16-22(23)27-19-10-8-18(26)9-11-19/h8-11,17,20-23H,3-7,12-16,26H2,1-2H3/t17-,20?,21?,22-,23?,24+,25+/m1/s1. The van der Waals surface area contributed by atoms with Crippen LogP contribution in [0.1, 0.15) is 78.1 Å². The Balaban J connectivity index is 1.50. The van der Waals surface area contributed by atoms with Crippen molar-refractivity contribution in [3.05, 3.63) is 24.3 Å². The van der Waals surface area contributed by atoms with Gasteiger partial charge in [0, 0.05) is 15.8 Å². The molecule has 0 saturated heterocycles. The van der Waals surface area contributed by atoms with Gasteiger partial charge < -0.3 is 5.73 Å². The van der Waals surface area contributed by atoms with Crippen molar-refractivity contribution < 1.29 is 0 Å². The van der Waals surface area contributed by atoms with Crippen LogP contribution in [0.15, 0.2) is 29.2 Å². The molecule has 0 amide bonds. The summed E-state index contributed by atoms with van der Waals surface area (Å²) in [6, 6.07) is 8.71. The van der Waals surface area contributed by atoms with Crippen LogP contribution in [-0.4, -0.2) is 5.25 Å². The van der Waals surface area contributed by atoms with Crippen LogP contribution in [0.25, 0.3) is 0 Å². The number of thioether (sulfide) groups is 1. The maximum Gasteiger partial charge on any atom is 0.0314 e. The van der Waals surface area contributed by atoms with Gasteiger partial charge in [-0.15, -0.1) is 11.8 Å². The smallest absolute Gasteiger partial charge is 0.0314 e. The number of nitrogens with two attached hydrogens (primary N) is 1. The van der Waals surface area contributed by atoms with Crippen LogP contribution in [0.2, 0.25) is 0 Å². The van der Waals surface area contributed by atoms with Crippen LogP contribution in [0.3, 0.4) is 0 Å². The highest BCUT2D eigenvalue weighted by molar-refractivity contribution is 8.00. The van der Waals surface area contributed by atoms with Crippen molar-refractivity contribution in [3.63, 3.8) is 0 Å². The Morgan fingerprint density at radius 2 is 1.70 bits per heavy atom. The first-order valence-corrected chi connectivity index (χ1v) is 12.4. The molecule has 4 aliphatic rings. The maximum absolute atomic E-state index is 5.95. The predicted octanol–water partition coefficient (Wildman–Crippen LogP) is 7.16. The lowest BCUT2D eigenvalue weighted by Crippen LogP contribution is -2.56. The summed E-state index contributed by atoms with van der Waals surface area (Å²) in [7, 11) is 0. The lowest BCUT2D eigenvalue weighted by atomic mass is 9.45. The number of hydrogen-bond donors (Lipinski definition) is 1. The molecule has 0 aromatic heterocycles. The van der Waals surface area contributed by atoms with Gasteiger partial charge >= 0.3 is 0 Å². The molecule has 0 spiro atoms. The first kappa shape index (κ1) is 18.4. The zero-order chi connectivity index (χ0) is 18.6. The van der Waals surface area contributed by atoms with E-state index in [0.29, 0.717) is 10.8 Å². The third kappa shape index (κ3) is 2.96. The second-order valence-electron chi connectivity index (χ2n) is 10.8. The molecule has 5 rings (SSSR count). The first-order chi connectivity index (χ1) is 13.0. The summed E-state index contributed by atoms with van der Waals surface area (Å²) in [4.78, 5) is 1.44. The van der Waals surface area contributed by atoms with Gasteiger partial charge in [0.05, 0.1) is 0 Å². The molecule has 1 nitrogen and oxygen atoms in total. The van der Waals surface area contributed by atoms with Crippen LogP contribution in [0, 0.1) is 34.5 Å². The Labute approximate surface area is 170 Å². The van der Waals surface area contributed by atoms with Gasteiger partial charge in [-0.25, -0.2) is 0 Å². The third-order valence-corrected chi connectivity index (χ3v) is 10.9. The molecule has 27 heavy (non-hydrogen) atoms. The lowest BCUT2D eigenvalue weighted by molar-refractivity contribution is -0.0990. The predicted molar refractivity (Wildman–Crippen MR) is 117 cm³/mol. The van der Waals surface area contributed by atoms with E-state index in [1.165, 1.54) is 69.1 Å². The molecular weight excluding hydrogens is 346 g/mol. The Bertz CT molecular complexity index is 684. The second-order valence-corrected chi connectivity index (χ2v) is 12.1. The summed E-state index contributed by atoms with van der Waals surface area (Å²) < 4.78 is 0. The fourth-order valence-electron chi connectivity index (χ4n) is 8.06. The summed E-state index contributed by atoms with van der Waals surface area (Å²) in [6.07, 6.45) is 14.9. The van der Waals surface area contributed by atoms with E-state index in [4.69, 9.17) is 5.73 Å². The van der Waals surface area contributed by atoms with E-state index in [1.54, 1.807) is 0 Å². The molecule has 0 heterocycles. The van der Waals surface area contributed by atoms with Crippen molar-refractivity contribution in [2.24, 2.45) is 34.5 Å². The van der Waals surface area contributed by atoms with Crippen molar-refractivity contribution in [1.29, 1.82) is 0 Å². The summed E-state index contributed by atoms with van der Waals surface area (Å²) in [5.41, 5.74) is 8.11. The molecule has 4 aliphatic carbocycles. The van der Waals surface area contributed by atoms with Crippen LogP contribution in [0.4, 0.5) is 5.69 Å². The van der Waals surface area contributed by atoms with E-state index in [9.17, 15) is 0 Å². The highest BCUT2D eigenvalue weighted by atomic mass is 32.2. The van der Waals surface area contributed by atoms with E-state index in [1.807, 2.05) is 0 Å². The van der Waals surface area contributed by atoms with Gasteiger partial charge in [0.15, 0.2) is 0 Å². The normalized spacial score (nSPS) is 46.4. The van der Waals surface area contributed by atoms with Crippen molar-refractivity contribution in [2.75, 3.05) is 5.73 Å². The van der Waals surface area contributed by atoms with E-state index in [0.717, 1.165) is 34.6 Å². The van der Waals surface area contributed by atoms with Gasteiger partial charge in [-0.05, 0) is 104 Å². The molecule has 2 heteroatoms. The summed E-state index contributed by atoms with van der Waals surface area (Å²) in [6.45, 7) is 5.34. The van der Waals surface area contributed by atoms with Crippen molar-refractivity contribution in [2.45, 2.75) is 88.2 Å². The Kier molecular flexibility index (Phi) is 4.58. The third-order valence-electron chi connectivity index (χ3n) is 9.53. The molecule has 4 saturated carbocycles. The van der Waals surface area contributed by atoms with Crippen LogP contribution in [0.5, 0.6) is 0 Å². The summed E-state index contributed by atoms with van der Waals surface area (Å²) in [5.74, 6) is 3.85. The molecule has 7 atom stereocenters. The number of rotatable bonds is 2. The van der Waals surface area contributed by atoms with E-state index in [-0.39, 0.29) is 0 Å². The fourth-order valence-corrected chi connectivity index (χ4v) is 9.57. The number of fused-ring (bicyclic) bond motifs is 5. The highest BCUT2D eigenvalue weighted by Gasteiger charge is 2.60. The molecule has 3 unspecified atom stereocenters. The van der Waals surface area contributed by atoms with E-state index in [2.05, 4.69) is 49.9 Å². The van der Waals surface area contributed by atoms with Crippen LogP contribution in [-0.2, 0) is 0 Å². The quantitative estimate of drug-likeness (QED) is 0.548. The zero-order valence-electron chi connectivity index (χ0n) is 17.3. The molecule has 0 aliphatic heterocycles. The lowest BCUT2D eigenvalue weighted by Gasteiger charge is -2.62. The highest BCUT2D eigenvalue weighted by Crippen LogP contribution is 2.68. The average Bonchev–Trinajstić information content (AvgIpc) is 3.05. The minimum absolute atomic E-state index is 0.630. The Morgan fingerprint density at radius 3 is 2.52 bits per heavy atom. The molecule has 148 valence electrons. The summed E-state index contributed by atoms with van der Waals surface area (Å²) >= 11 is 2.21. The minimum Gasteiger partial charge on any atom is -0.399 e. The van der Waals surface area contributed by atoms with Gasteiger partial charge in [-0.2, -0.15) is 0 Å². The van der Waals surface area contributed by atoms with Crippen molar-refractivity contribution >= 4 is 17.4 Å². The number of benzene rings is 1. The second kappa shape index (κ2) is 6.71. The Hall–Kier alpha value is -0.630. The molecule has 0 radical (unpaired) electrons. The van der Waals surface area contributed by atoms with Crippen molar-refractivity contribution in [1.82, 2.24) is 0 Å². The summed E-state index contributed by atoms with van der Waals surface area (Å²) in [5, 5.41) is 0.817. The largest absolute Gasteiger partial charge is 0.399 e. The zero-order valence-corrected chi connectivity index (χ0v) is 18.1. The van der Waals surface area contributed by atoms with Crippen molar-refractivity contribution in [3.8, 4) is 0 Å². The van der Waals surface area contributed by atoms with Gasteiger partial charge in [0.2, 0.25) is 0 Å². The molecule has 1 aromatic rings. The van der Waals surface area contributed by atoms with Gasteiger partial charge in [-0.1, -0.05) is 33.1 Å². The fraction of sp³-hybridized carbons (Fsp3) is 0.760. The topological polar surface area (TPSA) is 26.0 Å². The maximum atomic E-state index is 5.95. The number of anilines is 1. The van der Waals surface area contributed by atoms with Gasteiger partial charge in [-0.3, -0.25) is 0 Å². The number of nitrogen functional groups attached to an aromatic ring is 1. The molecule has 1 aromatic carbocycles. The van der Waals surface area contributed by atoms with Crippen LogP contribution < -0.4 is 5.73 Å². The molecule has 2 N–H and O–H groups in total. The molecule has 0 bridgehead atoms. The molecular formula is C25H37NS. The average molecular weight is 384 g/mol. The minimum atomic E-state index is 0.630. The van der Waals surface area contributed by atoms with Gasteiger partial charge in [0.25, 0.3) is 0 Å².